The molecule has 0 N–H and O–H groups in total. The molecular formula is C41H34O13. The van der Waals surface area contributed by atoms with E-state index in [0.29, 0.717) is 0 Å². The van der Waals surface area contributed by atoms with Gasteiger partial charge in [-0.1, -0.05) is 0 Å². The van der Waals surface area contributed by atoms with Crippen molar-refractivity contribution >= 4 is 23.1 Å². The van der Waals surface area contributed by atoms with Gasteiger partial charge < -0.3 is 42.6 Å². The summed E-state index contributed by atoms with van der Waals surface area (Å²) in [4.78, 5) is 62.9. The van der Waals surface area contributed by atoms with Crippen molar-refractivity contribution in [3.05, 3.63) is 80.9 Å². The Balaban J connectivity index is 1.56. The molecule has 13 heteroatoms. The lowest BCUT2D eigenvalue weighted by molar-refractivity contribution is 0.0292. The number of ketones is 4. The molecular weight excluding hydrogens is 700 g/mol. The molecule has 6 aliphatic rings. The molecule has 4 aromatic carbocycles. The summed E-state index contributed by atoms with van der Waals surface area (Å²) in [5.74, 6) is -5.57. The summed E-state index contributed by atoms with van der Waals surface area (Å²) in [6.07, 6.45) is 0. The Bertz CT molecular complexity index is 2260. The van der Waals surface area contributed by atoms with E-state index in [4.69, 9.17) is 42.6 Å². The van der Waals surface area contributed by atoms with Gasteiger partial charge in [0.1, 0.15) is 0 Å². The van der Waals surface area contributed by atoms with Crippen LogP contribution in [0, 0.1) is 5.41 Å². The highest BCUT2D eigenvalue weighted by atomic mass is 16.6. The van der Waals surface area contributed by atoms with E-state index in [1.807, 2.05) is 0 Å². The lowest BCUT2D eigenvalue weighted by atomic mass is 9.36. The molecule has 9 bridgehead atoms. The molecule has 0 saturated carbocycles. The minimum Gasteiger partial charge on any atom is -0.493 e. The van der Waals surface area contributed by atoms with Crippen LogP contribution < -0.4 is 42.6 Å². The van der Waals surface area contributed by atoms with Gasteiger partial charge in [0.25, 0.3) is 0 Å². The van der Waals surface area contributed by atoms with Crippen LogP contribution in [0.1, 0.15) is 87.4 Å². The topological polar surface area (TPSA) is 151 Å². The minimum absolute atomic E-state index is 0.0544. The van der Waals surface area contributed by atoms with E-state index in [-0.39, 0.29) is 102 Å². The lowest BCUT2D eigenvalue weighted by Crippen LogP contribution is -2.63. The average Bonchev–Trinajstić information content (AvgIpc) is 3.18. The molecule has 0 saturated heterocycles. The maximum atomic E-state index is 15.8. The van der Waals surface area contributed by atoms with E-state index >= 15 is 19.2 Å². The highest BCUT2D eigenvalue weighted by Gasteiger charge is 2.75. The SMILES string of the molecule is COc1cc2c(cc1OC)C1C(=O)c3c4cc(OC)c(OC)c3Oc3c(OC)c(OC)cc5c3C(=O)C3c6cc(OC)c(OC)cc6C(=O)C5C13C4C2=O. The second kappa shape index (κ2) is 11.4. The summed E-state index contributed by atoms with van der Waals surface area (Å²) in [6.45, 7) is 0. The van der Waals surface area contributed by atoms with Gasteiger partial charge in [0.15, 0.2) is 69.1 Å². The normalized spacial score (nSPS) is 23.2. The van der Waals surface area contributed by atoms with Crippen LogP contribution in [-0.4, -0.2) is 80.0 Å². The van der Waals surface area contributed by atoms with Crippen LogP contribution in [0.3, 0.4) is 0 Å². The zero-order valence-corrected chi connectivity index (χ0v) is 30.6. The lowest BCUT2D eigenvalue weighted by Gasteiger charge is -2.62. The minimum atomic E-state index is -1.74. The molecule has 2 heterocycles. The Kier molecular flexibility index (Phi) is 7.08. The molecule has 0 amide bonds. The van der Waals surface area contributed by atoms with Gasteiger partial charge in [-0.3, -0.25) is 19.2 Å². The molecule has 4 aromatic rings. The summed E-state index contributed by atoms with van der Waals surface area (Å²) >= 11 is 0. The van der Waals surface area contributed by atoms with Crippen LogP contribution >= 0.6 is 0 Å². The molecule has 10 rings (SSSR count). The molecule has 4 aliphatic carbocycles. The first-order valence-electron chi connectivity index (χ1n) is 17.1. The van der Waals surface area contributed by atoms with Gasteiger partial charge in [0.05, 0.1) is 91.7 Å². The Labute approximate surface area is 308 Å². The summed E-state index contributed by atoms with van der Waals surface area (Å²) in [7, 11) is 11.4. The summed E-state index contributed by atoms with van der Waals surface area (Å²) in [5, 5.41) is 0. The van der Waals surface area contributed by atoms with Crippen molar-refractivity contribution in [3.8, 4) is 57.5 Å². The van der Waals surface area contributed by atoms with Crippen LogP contribution in [0.2, 0.25) is 0 Å². The third-order valence-corrected chi connectivity index (χ3v) is 11.9. The van der Waals surface area contributed by atoms with E-state index in [2.05, 4.69) is 0 Å². The molecule has 4 atom stereocenters. The largest absolute Gasteiger partial charge is 0.493 e. The van der Waals surface area contributed by atoms with Gasteiger partial charge in [-0.25, -0.2) is 0 Å². The van der Waals surface area contributed by atoms with Gasteiger partial charge in [-0.2, -0.15) is 0 Å². The van der Waals surface area contributed by atoms with E-state index in [1.54, 1.807) is 36.4 Å². The van der Waals surface area contributed by atoms with E-state index in [0.717, 1.165) is 0 Å². The number of methoxy groups -OCH3 is 8. The van der Waals surface area contributed by atoms with Gasteiger partial charge in [-0.15, -0.1) is 0 Å². The first kappa shape index (κ1) is 33.6. The summed E-state index contributed by atoms with van der Waals surface area (Å²) in [5.41, 5.74) is -0.202. The Morgan fingerprint density at radius 2 is 0.722 bits per heavy atom. The Morgan fingerprint density at radius 3 is 1.06 bits per heavy atom. The van der Waals surface area contributed by atoms with Gasteiger partial charge in [0.2, 0.25) is 11.5 Å². The molecule has 0 radical (unpaired) electrons. The smallest absolute Gasteiger partial charge is 0.204 e. The molecule has 1 spiro atoms. The number of fused-ring (bicyclic) bond motifs is 3. The Morgan fingerprint density at radius 1 is 0.407 bits per heavy atom. The predicted molar refractivity (Wildman–Crippen MR) is 189 cm³/mol. The molecule has 54 heavy (non-hydrogen) atoms. The first-order chi connectivity index (χ1) is 26.1. The van der Waals surface area contributed by atoms with Crippen LogP contribution in [0.15, 0.2) is 36.4 Å². The highest BCUT2D eigenvalue weighted by molar-refractivity contribution is 6.24. The van der Waals surface area contributed by atoms with Crippen molar-refractivity contribution in [2.45, 2.75) is 23.7 Å². The van der Waals surface area contributed by atoms with Crippen LogP contribution in [-0.2, 0) is 0 Å². The molecule has 4 unspecified atom stereocenters. The van der Waals surface area contributed by atoms with E-state index in [9.17, 15) is 0 Å². The number of ether oxygens (including phenoxy) is 9. The molecule has 13 nitrogen and oxygen atoms in total. The van der Waals surface area contributed by atoms with Crippen molar-refractivity contribution in [1.29, 1.82) is 0 Å². The number of benzene rings is 4. The van der Waals surface area contributed by atoms with Crippen LogP contribution in [0.5, 0.6) is 57.5 Å². The zero-order valence-electron chi connectivity index (χ0n) is 30.6. The van der Waals surface area contributed by atoms with E-state index in [1.165, 1.54) is 56.9 Å². The number of hydrogen-bond donors (Lipinski definition) is 0. The molecule has 276 valence electrons. The van der Waals surface area contributed by atoms with Crippen molar-refractivity contribution in [2.24, 2.45) is 5.41 Å². The number of carbonyl (C=O) groups is 4. The van der Waals surface area contributed by atoms with Crippen molar-refractivity contribution < 1.29 is 61.8 Å². The van der Waals surface area contributed by atoms with Gasteiger partial charge in [0, 0.05) is 16.5 Å². The zero-order chi connectivity index (χ0) is 38.1. The van der Waals surface area contributed by atoms with Crippen molar-refractivity contribution in [3.63, 3.8) is 0 Å². The maximum Gasteiger partial charge on any atom is 0.204 e. The summed E-state index contributed by atoms with van der Waals surface area (Å²) in [6, 6.07) is 9.45. The fourth-order valence-electron chi connectivity index (χ4n) is 10.1. The van der Waals surface area contributed by atoms with Crippen LogP contribution in [0.4, 0.5) is 0 Å². The molecule has 2 aliphatic heterocycles. The van der Waals surface area contributed by atoms with Gasteiger partial charge in [-0.05, 0) is 58.7 Å². The third kappa shape index (κ3) is 3.68. The number of Topliss-reactive ketones (excluding diaryl/α,β-unsaturated/α-hetero) is 4. The monoisotopic (exact) mass is 734 g/mol. The highest BCUT2D eigenvalue weighted by Crippen LogP contribution is 2.77. The number of hydrogen-bond acceptors (Lipinski definition) is 13. The third-order valence-electron chi connectivity index (χ3n) is 11.9. The first-order valence-corrected chi connectivity index (χ1v) is 17.1. The fraction of sp³-hybridized carbons (Fsp3) is 0.317. The standard InChI is InChI=1S/C41H34O13/c1-46-21-9-15-17(11-23(21)48-3)33(42)31-19-13-25(50-5)37(52-7)39-27(19)35(44)29(15)41(31)30-16-10-22(47-2)24(49-4)12-18(16)34(43)32(41)20-14-26(51-6)38(53-8)40(54-39)28(20)36(30)45/h9-14,29-32H,1-8H3. The second-order valence-electron chi connectivity index (χ2n) is 13.7. The quantitative estimate of drug-likeness (QED) is 0.206. The average molecular weight is 735 g/mol. The predicted octanol–water partition coefficient (Wildman–Crippen LogP) is 6.07. The van der Waals surface area contributed by atoms with Gasteiger partial charge >= 0.3 is 0 Å². The van der Waals surface area contributed by atoms with Crippen molar-refractivity contribution in [1.82, 2.24) is 0 Å². The summed E-state index contributed by atoms with van der Waals surface area (Å²) < 4.78 is 52.8. The van der Waals surface area contributed by atoms with Crippen LogP contribution in [0.25, 0.3) is 0 Å². The Hall–Kier alpha value is -6.24. The fourth-order valence-corrected chi connectivity index (χ4v) is 10.1. The van der Waals surface area contributed by atoms with Crippen molar-refractivity contribution in [2.75, 3.05) is 56.9 Å². The number of rotatable bonds is 8. The molecule has 0 aromatic heterocycles. The van der Waals surface area contributed by atoms with E-state index < -0.39 is 52.2 Å². The second-order valence-corrected chi connectivity index (χ2v) is 13.7. The molecule has 0 fully saturated rings. The number of carbonyl (C=O) groups excluding carboxylic acids is 4. The maximum absolute atomic E-state index is 15.8.